The van der Waals surface area contributed by atoms with E-state index in [1.54, 1.807) is 19.1 Å². The highest BCUT2D eigenvalue weighted by atomic mass is 32.2. The van der Waals surface area contributed by atoms with Gasteiger partial charge in [-0.05, 0) is 57.2 Å². The third-order valence-corrected chi connectivity index (χ3v) is 7.19. The van der Waals surface area contributed by atoms with Gasteiger partial charge in [0.25, 0.3) is 21.6 Å². The average Bonchev–Trinajstić information content (AvgIpc) is 3.14. The molecule has 4 aromatic rings. The van der Waals surface area contributed by atoms with Crippen LogP contribution in [0.25, 0.3) is 11.0 Å². The molecule has 1 heterocycles. The van der Waals surface area contributed by atoms with Crippen molar-refractivity contribution in [2.75, 3.05) is 4.31 Å². The molecule has 178 valence electrons. The molecule has 0 aliphatic rings. The van der Waals surface area contributed by atoms with Crippen LogP contribution in [0.1, 0.15) is 39.0 Å². The van der Waals surface area contributed by atoms with Crippen LogP contribution in [0.4, 0.5) is 11.4 Å². The van der Waals surface area contributed by atoms with Gasteiger partial charge in [-0.25, -0.2) is 8.42 Å². The molecular formula is C25H20N2O7S. The summed E-state index contributed by atoms with van der Waals surface area (Å²) >= 11 is 0. The number of carbonyl (C=O) groups excluding carboxylic acids is 2. The van der Waals surface area contributed by atoms with Crippen molar-refractivity contribution >= 4 is 44.1 Å². The normalized spacial score (nSPS) is 11.4. The van der Waals surface area contributed by atoms with Gasteiger partial charge in [-0.1, -0.05) is 23.8 Å². The van der Waals surface area contributed by atoms with E-state index in [1.807, 2.05) is 6.92 Å². The molecule has 1 amide bonds. The van der Waals surface area contributed by atoms with Crippen LogP contribution in [0.2, 0.25) is 0 Å². The van der Waals surface area contributed by atoms with Gasteiger partial charge in [-0.15, -0.1) is 0 Å². The number of non-ortho nitro benzene ring substituents is 1. The Morgan fingerprint density at radius 2 is 1.66 bits per heavy atom. The molecule has 0 aliphatic carbocycles. The maximum Gasteiger partial charge on any atom is 0.272 e. The number of furan rings is 1. The first-order chi connectivity index (χ1) is 16.5. The van der Waals surface area contributed by atoms with Gasteiger partial charge < -0.3 is 4.42 Å². The number of nitrogens with zero attached hydrogens (tertiary/aromatic N) is 2. The molecule has 0 aliphatic heterocycles. The number of ketones is 1. The minimum atomic E-state index is -4.60. The maximum atomic E-state index is 13.7. The Bertz CT molecular complexity index is 1600. The molecule has 0 radical (unpaired) electrons. The predicted molar refractivity (Wildman–Crippen MR) is 129 cm³/mol. The summed E-state index contributed by atoms with van der Waals surface area (Å²) in [6.45, 7) is 4.80. The van der Waals surface area contributed by atoms with Crippen LogP contribution in [-0.2, 0) is 10.0 Å². The highest BCUT2D eigenvalue weighted by Gasteiger charge is 2.33. The first-order valence-electron chi connectivity index (χ1n) is 10.5. The lowest BCUT2D eigenvalue weighted by Crippen LogP contribution is -2.37. The molecule has 3 aromatic carbocycles. The van der Waals surface area contributed by atoms with Gasteiger partial charge in [0.1, 0.15) is 11.3 Å². The second-order valence-electron chi connectivity index (χ2n) is 7.96. The van der Waals surface area contributed by atoms with Crippen molar-refractivity contribution in [3.63, 3.8) is 0 Å². The van der Waals surface area contributed by atoms with Crippen LogP contribution in [0.5, 0.6) is 0 Å². The second kappa shape index (κ2) is 8.80. The van der Waals surface area contributed by atoms with Crippen LogP contribution >= 0.6 is 0 Å². The first-order valence-corrected chi connectivity index (χ1v) is 11.9. The Kier molecular flexibility index (Phi) is 5.99. The number of hydrogen-bond donors (Lipinski definition) is 0. The number of anilines is 1. The smallest absolute Gasteiger partial charge is 0.272 e. The Morgan fingerprint density at radius 3 is 2.29 bits per heavy atom. The average molecular weight is 493 g/mol. The molecule has 0 saturated heterocycles. The molecule has 0 fully saturated rings. The Labute approximate surface area is 200 Å². The highest BCUT2D eigenvalue weighted by Crippen LogP contribution is 2.33. The zero-order valence-electron chi connectivity index (χ0n) is 19.0. The summed E-state index contributed by atoms with van der Waals surface area (Å²) < 4.78 is 33.7. The molecule has 0 atom stereocenters. The van der Waals surface area contributed by atoms with E-state index in [2.05, 4.69) is 0 Å². The number of sulfonamides is 1. The first kappa shape index (κ1) is 23.8. The molecule has 1 aromatic heterocycles. The minimum absolute atomic E-state index is 0.0436. The summed E-state index contributed by atoms with van der Waals surface area (Å²) in [7, 11) is -4.60. The number of benzene rings is 3. The summed E-state index contributed by atoms with van der Waals surface area (Å²) in [6.07, 6.45) is 0. The van der Waals surface area contributed by atoms with E-state index in [4.69, 9.17) is 4.42 Å². The molecule has 35 heavy (non-hydrogen) atoms. The van der Waals surface area contributed by atoms with Crippen molar-refractivity contribution in [1.29, 1.82) is 0 Å². The van der Waals surface area contributed by atoms with Crippen molar-refractivity contribution < 1.29 is 27.3 Å². The van der Waals surface area contributed by atoms with Gasteiger partial charge in [-0.3, -0.25) is 19.7 Å². The number of nitro benzene ring substituents is 1. The summed E-state index contributed by atoms with van der Waals surface area (Å²) in [5.74, 6) is -0.778. The second-order valence-corrected chi connectivity index (χ2v) is 9.75. The van der Waals surface area contributed by atoms with Gasteiger partial charge in [0, 0.05) is 23.1 Å². The number of hydrogen-bond acceptors (Lipinski definition) is 7. The molecular weight excluding hydrogens is 472 g/mol. The molecule has 4 rings (SSSR count). The fraction of sp³-hybridized carbons (Fsp3) is 0.120. The summed E-state index contributed by atoms with van der Waals surface area (Å²) in [4.78, 5) is 35.9. The van der Waals surface area contributed by atoms with E-state index >= 15 is 0 Å². The van der Waals surface area contributed by atoms with Crippen LogP contribution in [-0.4, -0.2) is 25.0 Å². The zero-order chi connectivity index (χ0) is 25.5. The number of rotatable bonds is 6. The molecule has 0 bridgehead atoms. The lowest BCUT2D eigenvalue weighted by Gasteiger charge is -2.23. The molecule has 0 spiro atoms. The number of carbonyl (C=O) groups is 2. The Morgan fingerprint density at radius 1 is 0.971 bits per heavy atom. The third-order valence-electron chi connectivity index (χ3n) is 5.48. The number of amides is 1. The Hall–Kier alpha value is -4.31. The lowest BCUT2D eigenvalue weighted by atomic mass is 10.1. The van der Waals surface area contributed by atoms with E-state index in [0.29, 0.717) is 21.0 Å². The van der Waals surface area contributed by atoms with Crippen LogP contribution in [0, 0.1) is 24.0 Å². The molecule has 0 N–H and O–H groups in total. The fourth-order valence-electron chi connectivity index (χ4n) is 3.81. The molecule has 0 unspecified atom stereocenters. The van der Waals surface area contributed by atoms with E-state index < -0.39 is 31.4 Å². The summed E-state index contributed by atoms with van der Waals surface area (Å²) in [5, 5.41) is 11.6. The van der Waals surface area contributed by atoms with Crippen molar-refractivity contribution in [2.24, 2.45) is 0 Å². The predicted octanol–water partition coefficient (Wildman–Crippen LogP) is 5.20. The largest absolute Gasteiger partial charge is 0.461 e. The van der Waals surface area contributed by atoms with Crippen molar-refractivity contribution in [2.45, 2.75) is 25.7 Å². The fourth-order valence-corrected chi connectivity index (χ4v) is 5.26. The van der Waals surface area contributed by atoms with Crippen molar-refractivity contribution in [1.82, 2.24) is 0 Å². The summed E-state index contributed by atoms with van der Waals surface area (Å²) in [5.41, 5.74) is 1.12. The van der Waals surface area contributed by atoms with Gasteiger partial charge in [0.05, 0.1) is 21.1 Å². The zero-order valence-corrected chi connectivity index (χ0v) is 19.8. The summed E-state index contributed by atoms with van der Waals surface area (Å²) in [6, 6.07) is 15.0. The topological polar surface area (TPSA) is 128 Å². The number of fused-ring (bicyclic) bond motifs is 1. The molecule has 10 heteroatoms. The van der Waals surface area contributed by atoms with Gasteiger partial charge >= 0.3 is 0 Å². The molecule has 9 nitrogen and oxygen atoms in total. The lowest BCUT2D eigenvalue weighted by molar-refractivity contribution is -0.385. The SMILES string of the molecule is CC(=O)c1c(C)oc2ccc(N(C(=O)c3ccc(C)cc3)S(=O)(=O)c3cccc([N+](=O)[O-])c3)cc12. The minimum Gasteiger partial charge on any atom is -0.461 e. The maximum absolute atomic E-state index is 13.7. The number of nitro groups is 1. The molecule has 0 saturated carbocycles. The number of Topliss-reactive ketones (excluding diaryl/α,β-unsaturated/α-hetero) is 1. The van der Waals surface area contributed by atoms with E-state index in [9.17, 15) is 28.1 Å². The van der Waals surface area contributed by atoms with E-state index in [1.165, 1.54) is 49.4 Å². The van der Waals surface area contributed by atoms with Gasteiger partial charge in [0.15, 0.2) is 5.78 Å². The van der Waals surface area contributed by atoms with Crippen molar-refractivity contribution in [3.8, 4) is 0 Å². The van der Waals surface area contributed by atoms with Crippen LogP contribution in [0.15, 0.2) is 76.0 Å². The quantitative estimate of drug-likeness (QED) is 0.206. The standard InChI is InChI=1S/C25H20N2O7S/c1-15-7-9-18(10-8-15)25(29)26(35(32,33)21-6-4-5-20(13-21)27(30)31)19-11-12-23-22(14-19)24(16(2)28)17(3)34-23/h4-14H,1-3H3. The van der Waals surface area contributed by atoms with Crippen molar-refractivity contribution in [3.05, 3.63) is 99.3 Å². The monoisotopic (exact) mass is 492 g/mol. The van der Waals surface area contributed by atoms with Crippen LogP contribution in [0.3, 0.4) is 0 Å². The number of aryl methyl sites for hydroxylation is 2. The third kappa shape index (κ3) is 4.31. The van der Waals surface area contributed by atoms with Crippen LogP contribution < -0.4 is 4.31 Å². The van der Waals surface area contributed by atoms with Gasteiger partial charge in [-0.2, -0.15) is 4.31 Å². The van der Waals surface area contributed by atoms with E-state index in [-0.39, 0.29) is 22.6 Å². The Balaban J connectivity index is 1.97. The highest BCUT2D eigenvalue weighted by molar-refractivity contribution is 7.93. The van der Waals surface area contributed by atoms with Gasteiger partial charge in [0.2, 0.25) is 0 Å². The van der Waals surface area contributed by atoms with E-state index in [0.717, 1.165) is 17.7 Å².